The highest BCUT2D eigenvalue weighted by atomic mass is 32.2. The Morgan fingerprint density at radius 2 is 1.96 bits per heavy atom. The minimum absolute atomic E-state index is 0.761. The first-order chi connectivity index (χ1) is 11.8. The number of nitrogens with zero attached hydrogens (tertiary/aromatic N) is 4. The van der Waals surface area contributed by atoms with Gasteiger partial charge in [0.25, 0.3) is 0 Å². The number of rotatable bonds is 4. The molecular weight excluding hydrogens is 340 g/mol. The highest BCUT2D eigenvalue weighted by Gasteiger charge is 2.18. The predicted octanol–water partition coefficient (Wildman–Crippen LogP) is 3.52. The van der Waals surface area contributed by atoms with Crippen LogP contribution < -0.4 is 4.90 Å². The van der Waals surface area contributed by atoms with E-state index in [1.807, 2.05) is 0 Å². The van der Waals surface area contributed by atoms with Gasteiger partial charge < -0.3 is 9.64 Å². The second-order valence-electron chi connectivity index (χ2n) is 5.70. The maximum absolute atomic E-state index is 5.42. The molecule has 3 heterocycles. The van der Waals surface area contributed by atoms with Crippen LogP contribution in [0.3, 0.4) is 0 Å². The standard InChI is InChI=1S/C17H18N4OS2/c1-12-2-4-13(5-3-12)10-23-16-14-15(18-11-19-16)20-17(24-14)21-6-8-22-9-7-21/h2-5,11H,6-10H2,1H3. The molecule has 0 atom stereocenters. The van der Waals surface area contributed by atoms with Gasteiger partial charge in [0.2, 0.25) is 0 Å². The van der Waals surface area contributed by atoms with E-state index in [0.29, 0.717) is 0 Å². The minimum atomic E-state index is 0.761. The van der Waals surface area contributed by atoms with Gasteiger partial charge >= 0.3 is 0 Å². The SMILES string of the molecule is Cc1ccc(CSc2ncnc3nc(N4CCOCC4)sc23)cc1. The third kappa shape index (κ3) is 3.38. The largest absolute Gasteiger partial charge is 0.378 e. The molecule has 0 N–H and O–H groups in total. The van der Waals surface area contributed by atoms with Crippen molar-refractivity contribution in [3.8, 4) is 0 Å². The van der Waals surface area contributed by atoms with E-state index in [9.17, 15) is 0 Å². The van der Waals surface area contributed by atoms with Crippen molar-refractivity contribution < 1.29 is 4.74 Å². The lowest BCUT2D eigenvalue weighted by atomic mass is 10.2. The Labute approximate surface area is 149 Å². The third-order valence-corrected chi connectivity index (χ3v) is 6.23. The quantitative estimate of drug-likeness (QED) is 0.525. The van der Waals surface area contributed by atoms with E-state index < -0.39 is 0 Å². The monoisotopic (exact) mass is 358 g/mol. The van der Waals surface area contributed by atoms with Crippen LogP contribution in [0, 0.1) is 6.92 Å². The van der Waals surface area contributed by atoms with Crippen LogP contribution in [0.1, 0.15) is 11.1 Å². The number of morpholine rings is 1. The third-order valence-electron chi connectivity index (χ3n) is 3.92. The van der Waals surface area contributed by atoms with Crippen LogP contribution in [0.15, 0.2) is 35.6 Å². The van der Waals surface area contributed by atoms with Gasteiger partial charge in [-0.05, 0) is 12.5 Å². The maximum Gasteiger partial charge on any atom is 0.188 e. The van der Waals surface area contributed by atoms with Crippen LogP contribution in [0.25, 0.3) is 10.3 Å². The average molecular weight is 358 g/mol. The summed E-state index contributed by atoms with van der Waals surface area (Å²) in [4.78, 5) is 15.8. The van der Waals surface area contributed by atoms with Gasteiger partial charge in [-0.15, -0.1) is 11.8 Å². The number of anilines is 1. The average Bonchev–Trinajstić information content (AvgIpc) is 3.07. The Hall–Kier alpha value is -1.70. The zero-order valence-corrected chi connectivity index (χ0v) is 15.1. The van der Waals surface area contributed by atoms with Crippen molar-refractivity contribution >= 4 is 38.6 Å². The fraction of sp³-hybridized carbons (Fsp3) is 0.353. The van der Waals surface area contributed by atoms with Gasteiger partial charge in [-0.2, -0.15) is 4.98 Å². The van der Waals surface area contributed by atoms with Crippen LogP contribution in [0.4, 0.5) is 5.13 Å². The van der Waals surface area contributed by atoms with Gasteiger partial charge in [0.1, 0.15) is 16.1 Å². The van der Waals surface area contributed by atoms with E-state index in [1.54, 1.807) is 29.4 Å². The predicted molar refractivity (Wildman–Crippen MR) is 99.0 cm³/mol. The number of aryl methyl sites for hydroxylation is 1. The van der Waals surface area contributed by atoms with Crippen LogP contribution in [0.5, 0.6) is 0 Å². The number of thiazole rings is 1. The zero-order chi connectivity index (χ0) is 16.4. The molecule has 0 bridgehead atoms. The number of thioether (sulfide) groups is 1. The lowest BCUT2D eigenvalue weighted by Gasteiger charge is -2.25. The molecule has 5 nitrogen and oxygen atoms in total. The van der Waals surface area contributed by atoms with Crippen LogP contribution in [-0.4, -0.2) is 41.3 Å². The van der Waals surface area contributed by atoms with E-state index in [-0.39, 0.29) is 0 Å². The fourth-order valence-electron chi connectivity index (χ4n) is 2.55. The zero-order valence-electron chi connectivity index (χ0n) is 13.4. The van der Waals surface area contributed by atoms with E-state index in [2.05, 4.69) is 51.0 Å². The lowest BCUT2D eigenvalue weighted by Crippen LogP contribution is -2.36. The van der Waals surface area contributed by atoms with Gasteiger partial charge in [0.05, 0.1) is 13.2 Å². The van der Waals surface area contributed by atoms with E-state index in [4.69, 9.17) is 4.74 Å². The molecule has 7 heteroatoms. The molecule has 1 aromatic carbocycles. The smallest absolute Gasteiger partial charge is 0.188 e. The van der Waals surface area contributed by atoms with Crippen LogP contribution in [-0.2, 0) is 10.5 Å². The van der Waals surface area contributed by atoms with Crippen LogP contribution in [0.2, 0.25) is 0 Å². The number of hydrogen-bond donors (Lipinski definition) is 0. The van der Waals surface area contributed by atoms with Crippen molar-refractivity contribution in [2.75, 3.05) is 31.2 Å². The summed E-state index contributed by atoms with van der Waals surface area (Å²) in [6.45, 7) is 5.40. The van der Waals surface area contributed by atoms with E-state index in [1.165, 1.54) is 11.1 Å². The first-order valence-electron chi connectivity index (χ1n) is 7.92. The Kier molecular flexibility index (Phi) is 4.64. The van der Waals surface area contributed by atoms with Crippen molar-refractivity contribution in [1.82, 2.24) is 15.0 Å². The van der Waals surface area contributed by atoms with Gasteiger partial charge in [-0.25, -0.2) is 9.97 Å². The van der Waals surface area contributed by atoms with Gasteiger partial charge in [-0.1, -0.05) is 41.2 Å². The van der Waals surface area contributed by atoms with Crippen molar-refractivity contribution in [3.05, 3.63) is 41.7 Å². The van der Waals surface area contributed by atoms with Gasteiger partial charge in [0, 0.05) is 18.8 Å². The number of hydrogen-bond acceptors (Lipinski definition) is 7. The lowest BCUT2D eigenvalue weighted by molar-refractivity contribution is 0.122. The number of ether oxygens (including phenoxy) is 1. The Morgan fingerprint density at radius 3 is 2.75 bits per heavy atom. The van der Waals surface area contributed by atoms with E-state index in [0.717, 1.165) is 52.6 Å². The first kappa shape index (κ1) is 15.8. The Bertz CT molecular complexity index is 828. The molecule has 3 aromatic rings. The van der Waals surface area contributed by atoms with Crippen molar-refractivity contribution in [3.63, 3.8) is 0 Å². The summed E-state index contributed by atoms with van der Waals surface area (Å²) >= 11 is 3.43. The molecule has 4 rings (SSSR count). The molecule has 1 fully saturated rings. The molecule has 24 heavy (non-hydrogen) atoms. The molecule has 0 saturated carbocycles. The molecule has 0 radical (unpaired) electrons. The maximum atomic E-state index is 5.42. The summed E-state index contributed by atoms with van der Waals surface area (Å²) in [6.07, 6.45) is 1.61. The molecule has 0 unspecified atom stereocenters. The van der Waals surface area contributed by atoms with Crippen molar-refractivity contribution in [1.29, 1.82) is 0 Å². The molecule has 1 aliphatic rings. The summed E-state index contributed by atoms with van der Waals surface area (Å²) in [6, 6.07) is 8.64. The molecule has 2 aromatic heterocycles. The number of benzene rings is 1. The fourth-order valence-corrected chi connectivity index (χ4v) is 4.65. The molecule has 124 valence electrons. The molecule has 0 amide bonds. The minimum Gasteiger partial charge on any atom is -0.378 e. The number of fused-ring (bicyclic) bond motifs is 1. The summed E-state index contributed by atoms with van der Waals surface area (Å²) in [5.41, 5.74) is 3.38. The summed E-state index contributed by atoms with van der Waals surface area (Å²) in [5, 5.41) is 2.03. The molecule has 0 spiro atoms. The highest BCUT2D eigenvalue weighted by Crippen LogP contribution is 2.35. The Balaban J connectivity index is 1.56. The first-order valence-corrected chi connectivity index (χ1v) is 9.72. The second kappa shape index (κ2) is 7.04. The van der Waals surface area contributed by atoms with Crippen molar-refractivity contribution in [2.45, 2.75) is 17.7 Å². The summed E-state index contributed by atoms with van der Waals surface area (Å²) in [5.74, 6) is 0.900. The molecule has 1 saturated heterocycles. The highest BCUT2D eigenvalue weighted by molar-refractivity contribution is 7.98. The summed E-state index contributed by atoms with van der Waals surface area (Å²) < 4.78 is 6.50. The molecule has 1 aliphatic heterocycles. The van der Waals surface area contributed by atoms with Crippen LogP contribution >= 0.6 is 23.1 Å². The normalized spacial score (nSPS) is 15.1. The van der Waals surface area contributed by atoms with E-state index >= 15 is 0 Å². The Morgan fingerprint density at radius 1 is 1.17 bits per heavy atom. The number of aromatic nitrogens is 3. The second-order valence-corrected chi connectivity index (χ2v) is 7.64. The molecule has 0 aliphatic carbocycles. The topological polar surface area (TPSA) is 51.1 Å². The molecular formula is C17H18N4OS2. The summed E-state index contributed by atoms with van der Waals surface area (Å²) in [7, 11) is 0. The van der Waals surface area contributed by atoms with Gasteiger partial charge in [0.15, 0.2) is 10.8 Å². The van der Waals surface area contributed by atoms with Crippen molar-refractivity contribution in [2.24, 2.45) is 0 Å². The van der Waals surface area contributed by atoms with Gasteiger partial charge in [-0.3, -0.25) is 0 Å².